The van der Waals surface area contributed by atoms with Gasteiger partial charge in [-0.25, -0.2) is 0 Å². The summed E-state index contributed by atoms with van der Waals surface area (Å²) < 4.78 is 1.59. The van der Waals surface area contributed by atoms with Gasteiger partial charge in [-0.05, 0) is 41.1 Å². The van der Waals surface area contributed by atoms with Crippen LogP contribution in [-0.2, 0) is 0 Å². The Labute approximate surface area is 146 Å². The molecule has 0 unspecified atom stereocenters. The van der Waals surface area contributed by atoms with Gasteiger partial charge in [-0.1, -0.05) is 41.6 Å². The summed E-state index contributed by atoms with van der Waals surface area (Å²) in [5, 5.41) is 23.8. The minimum absolute atomic E-state index is 0.0613. The number of aromatic nitrogens is 4. The summed E-state index contributed by atoms with van der Waals surface area (Å²) >= 11 is 7.42. The predicted octanol–water partition coefficient (Wildman–Crippen LogP) is 4.08. The number of nitro groups is 1. The van der Waals surface area contributed by atoms with E-state index in [2.05, 4.69) is 15.5 Å². The van der Waals surface area contributed by atoms with E-state index in [9.17, 15) is 10.1 Å². The predicted molar refractivity (Wildman–Crippen MR) is 91.5 cm³/mol. The van der Waals surface area contributed by atoms with Crippen LogP contribution < -0.4 is 0 Å². The summed E-state index contributed by atoms with van der Waals surface area (Å²) in [6, 6.07) is 13.8. The lowest BCUT2D eigenvalue weighted by Gasteiger charge is -2.11. The standard InChI is InChI=1S/C15H12ClN5O2S/c1-10(11-4-2-7-14(8-11)21(22)23)24-15-17-18-19-20(15)13-6-3-5-12(16)9-13/h2-10H,1H3/t10-/m1/s1. The van der Waals surface area contributed by atoms with Gasteiger partial charge in [0.15, 0.2) is 0 Å². The van der Waals surface area contributed by atoms with Crippen LogP contribution >= 0.6 is 23.4 Å². The molecule has 0 amide bonds. The highest BCUT2D eigenvalue weighted by Crippen LogP contribution is 2.35. The molecule has 0 radical (unpaired) electrons. The third kappa shape index (κ3) is 3.55. The average Bonchev–Trinajstić information content (AvgIpc) is 3.03. The molecule has 0 aliphatic carbocycles. The Balaban J connectivity index is 1.86. The monoisotopic (exact) mass is 361 g/mol. The molecule has 0 fully saturated rings. The third-order valence-corrected chi connectivity index (χ3v) is 4.65. The van der Waals surface area contributed by atoms with Crippen molar-refractivity contribution in [1.82, 2.24) is 20.2 Å². The van der Waals surface area contributed by atoms with E-state index in [1.165, 1.54) is 17.8 Å². The molecule has 0 aliphatic heterocycles. The molecule has 1 atom stereocenters. The fourth-order valence-corrected chi connectivity index (χ4v) is 3.25. The lowest BCUT2D eigenvalue weighted by atomic mass is 10.1. The summed E-state index contributed by atoms with van der Waals surface area (Å²) in [5.74, 6) is 0. The molecule has 24 heavy (non-hydrogen) atoms. The number of nitrogens with zero attached hydrogens (tertiary/aromatic N) is 5. The molecule has 0 aliphatic rings. The first kappa shape index (κ1) is 16.4. The molecule has 122 valence electrons. The van der Waals surface area contributed by atoms with E-state index in [0.29, 0.717) is 10.2 Å². The van der Waals surface area contributed by atoms with Gasteiger partial charge in [-0.3, -0.25) is 10.1 Å². The van der Waals surface area contributed by atoms with Crippen LogP contribution in [-0.4, -0.2) is 25.1 Å². The molecule has 0 N–H and O–H groups in total. The van der Waals surface area contributed by atoms with Crippen LogP contribution in [0.3, 0.4) is 0 Å². The van der Waals surface area contributed by atoms with Crippen molar-refractivity contribution in [2.75, 3.05) is 0 Å². The molecule has 3 rings (SSSR count). The second kappa shape index (κ2) is 6.98. The van der Waals surface area contributed by atoms with E-state index < -0.39 is 4.92 Å². The molecule has 0 saturated heterocycles. The van der Waals surface area contributed by atoms with E-state index in [4.69, 9.17) is 11.6 Å². The number of rotatable bonds is 5. The SMILES string of the molecule is C[C@@H](Sc1nnnn1-c1cccc(Cl)c1)c1cccc([N+](=O)[O-])c1. The maximum absolute atomic E-state index is 10.9. The average molecular weight is 362 g/mol. The molecular weight excluding hydrogens is 350 g/mol. The first-order valence-electron chi connectivity index (χ1n) is 7.00. The molecule has 1 heterocycles. The van der Waals surface area contributed by atoms with Crippen molar-refractivity contribution < 1.29 is 4.92 Å². The Morgan fingerprint density at radius 1 is 1.25 bits per heavy atom. The van der Waals surface area contributed by atoms with E-state index in [1.807, 2.05) is 25.1 Å². The summed E-state index contributed by atoms with van der Waals surface area (Å²) in [6.45, 7) is 1.95. The van der Waals surface area contributed by atoms with Crippen molar-refractivity contribution >= 4 is 29.1 Å². The zero-order chi connectivity index (χ0) is 17.1. The van der Waals surface area contributed by atoms with Gasteiger partial charge < -0.3 is 0 Å². The number of non-ortho nitro benzene ring substituents is 1. The smallest absolute Gasteiger partial charge is 0.258 e. The first-order valence-corrected chi connectivity index (χ1v) is 8.25. The summed E-state index contributed by atoms with van der Waals surface area (Å²) in [5.41, 5.74) is 1.64. The van der Waals surface area contributed by atoms with Crippen LogP contribution in [0.2, 0.25) is 5.02 Å². The van der Waals surface area contributed by atoms with E-state index in [1.54, 1.807) is 28.9 Å². The van der Waals surface area contributed by atoms with Crippen molar-refractivity contribution in [3.05, 3.63) is 69.2 Å². The fourth-order valence-electron chi connectivity index (χ4n) is 2.14. The lowest BCUT2D eigenvalue weighted by Crippen LogP contribution is -2.00. The van der Waals surface area contributed by atoms with Crippen LogP contribution in [0.5, 0.6) is 0 Å². The van der Waals surface area contributed by atoms with Crippen LogP contribution in [0.1, 0.15) is 17.7 Å². The Bertz CT molecular complexity index is 886. The van der Waals surface area contributed by atoms with Crippen LogP contribution in [0, 0.1) is 10.1 Å². The summed E-state index contributed by atoms with van der Waals surface area (Å²) in [4.78, 5) is 10.5. The highest BCUT2D eigenvalue weighted by Gasteiger charge is 2.17. The lowest BCUT2D eigenvalue weighted by molar-refractivity contribution is -0.384. The fraction of sp³-hybridized carbons (Fsp3) is 0.133. The Morgan fingerprint density at radius 2 is 2.04 bits per heavy atom. The summed E-state index contributed by atoms with van der Waals surface area (Å²) in [7, 11) is 0. The van der Waals surface area contributed by atoms with Gasteiger partial charge in [0.05, 0.1) is 10.6 Å². The minimum Gasteiger partial charge on any atom is -0.258 e. The van der Waals surface area contributed by atoms with E-state index in [-0.39, 0.29) is 10.9 Å². The molecular formula is C15H12ClN5O2S. The number of tetrazole rings is 1. The number of thioether (sulfide) groups is 1. The number of hydrogen-bond donors (Lipinski definition) is 0. The molecule has 7 nitrogen and oxygen atoms in total. The van der Waals surface area contributed by atoms with Gasteiger partial charge in [0.25, 0.3) is 5.69 Å². The van der Waals surface area contributed by atoms with Crippen molar-refractivity contribution in [1.29, 1.82) is 0 Å². The minimum atomic E-state index is -0.406. The zero-order valence-electron chi connectivity index (χ0n) is 12.5. The van der Waals surface area contributed by atoms with Gasteiger partial charge in [-0.2, -0.15) is 4.68 Å². The number of nitro benzene ring substituents is 1. The normalized spacial score (nSPS) is 12.1. The van der Waals surface area contributed by atoms with Crippen LogP contribution in [0.15, 0.2) is 53.7 Å². The Hall–Kier alpha value is -2.45. The van der Waals surface area contributed by atoms with E-state index in [0.717, 1.165) is 11.3 Å². The molecule has 1 aromatic heterocycles. The third-order valence-electron chi connectivity index (χ3n) is 3.33. The second-order valence-corrected chi connectivity index (χ2v) is 6.71. The van der Waals surface area contributed by atoms with Gasteiger partial charge in [-0.15, -0.1) is 5.10 Å². The molecule has 0 saturated carbocycles. The highest BCUT2D eigenvalue weighted by molar-refractivity contribution is 7.99. The van der Waals surface area contributed by atoms with Crippen molar-refractivity contribution in [2.24, 2.45) is 0 Å². The first-order chi connectivity index (χ1) is 11.5. The van der Waals surface area contributed by atoms with Gasteiger partial charge >= 0.3 is 0 Å². The quantitative estimate of drug-likeness (QED) is 0.386. The number of benzene rings is 2. The van der Waals surface area contributed by atoms with Crippen molar-refractivity contribution in [2.45, 2.75) is 17.3 Å². The highest BCUT2D eigenvalue weighted by atomic mass is 35.5. The largest absolute Gasteiger partial charge is 0.269 e. The Kier molecular flexibility index (Phi) is 4.77. The van der Waals surface area contributed by atoms with Crippen molar-refractivity contribution in [3.8, 4) is 5.69 Å². The molecule has 3 aromatic rings. The number of hydrogen-bond acceptors (Lipinski definition) is 6. The van der Waals surface area contributed by atoms with Crippen molar-refractivity contribution in [3.63, 3.8) is 0 Å². The Morgan fingerprint density at radius 3 is 2.79 bits per heavy atom. The second-order valence-electron chi connectivity index (χ2n) is 4.97. The molecule has 2 aromatic carbocycles. The van der Waals surface area contributed by atoms with Gasteiger partial charge in [0, 0.05) is 22.4 Å². The van der Waals surface area contributed by atoms with Crippen LogP contribution in [0.4, 0.5) is 5.69 Å². The molecule has 0 bridgehead atoms. The summed E-state index contributed by atoms with van der Waals surface area (Å²) in [6.07, 6.45) is 0. The molecule has 9 heteroatoms. The maximum Gasteiger partial charge on any atom is 0.269 e. The maximum atomic E-state index is 10.9. The number of halogens is 1. The van der Waals surface area contributed by atoms with Gasteiger partial charge in [0.1, 0.15) is 0 Å². The zero-order valence-corrected chi connectivity index (χ0v) is 14.1. The van der Waals surface area contributed by atoms with Gasteiger partial charge in [0.2, 0.25) is 5.16 Å². The van der Waals surface area contributed by atoms with E-state index >= 15 is 0 Å². The molecule has 0 spiro atoms. The topological polar surface area (TPSA) is 86.7 Å². The van der Waals surface area contributed by atoms with Crippen LogP contribution in [0.25, 0.3) is 5.69 Å².